The van der Waals surface area contributed by atoms with Gasteiger partial charge in [-0.05, 0) is 36.8 Å². The van der Waals surface area contributed by atoms with Crippen molar-refractivity contribution in [3.63, 3.8) is 0 Å². The lowest BCUT2D eigenvalue weighted by molar-refractivity contribution is -0.142. The lowest BCUT2D eigenvalue weighted by Gasteiger charge is -2.14. The molecule has 0 aliphatic rings. The van der Waals surface area contributed by atoms with Crippen molar-refractivity contribution in [2.24, 2.45) is 0 Å². The topological polar surface area (TPSA) is 92.7 Å². The van der Waals surface area contributed by atoms with Crippen molar-refractivity contribution >= 4 is 17.7 Å². The lowest BCUT2D eigenvalue weighted by Crippen LogP contribution is -2.33. The molecule has 0 aromatic heterocycles. The van der Waals surface area contributed by atoms with Gasteiger partial charge in [-0.15, -0.1) is 0 Å². The van der Waals surface area contributed by atoms with Gasteiger partial charge in [0.25, 0.3) is 0 Å². The van der Waals surface area contributed by atoms with E-state index >= 15 is 0 Å². The van der Waals surface area contributed by atoms with Crippen LogP contribution in [0.4, 0.5) is 0 Å². The van der Waals surface area contributed by atoms with Crippen molar-refractivity contribution in [3.8, 4) is 5.75 Å². The Morgan fingerprint density at radius 2 is 1.65 bits per heavy atom. The summed E-state index contributed by atoms with van der Waals surface area (Å²) in [7, 11) is 0. The van der Waals surface area contributed by atoms with Crippen molar-refractivity contribution < 1.29 is 24.2 Å². The molecule has 136 valence electrons. The fraction of sp³-hybridized carbons (Fsp3) is 0.250. The summed E-state index contributed by atoms with van der Waals surface area (Å²) in [5.41, 5.74) is 0.963. The molecule has 2 aromatic rings. The van der Waals surface area contributed by atoms with Crippen LogP contribution < -0.4 is 10.1 Å². The fourth-order valence-electron chi connectivity index (χ4n) is 2.44. The van der Waals surface area contributed by atoms with E-state index in [2.05, 4.69) is 5.32 Å². The number of nitrogens with one attached hydrogen (secondary N) is 1. The van der Waals surface area contributed by atoms with E-state index in [1.165, 1.54) is 0 Å². The summed E-state index contributed by atoms with van der Waals surface area (Å²) in [6.07, 6.45) is -0.0798. The lowest BCUT2D eigenvalue weighted by atomic mass is 10.0. The Kier molecular flexibility index (Phi) is 6.91. The minimum atomic E-state index is -1.15. The van der Waals surface area contributed by atoms with E-state index in [0.29, 0.717) is 23.5 Å². The van der Waals surface area contributed by atoms with Crippen LogP contribution in [0, 0.1) is 0 Å². The number of carbonyl (C=O) groups excluding carboxylic acids is 2. The zero-order chi connectivity index (χ0) is 18.9. The van der Waals surface area contributed by atoms with Crippen molar-refractivity contribution in [1.29, 1.82) is 0 Å². The molecule has 1 atom stereocenters. The normalized spacial score (nSPS) is 11.4. The number of hydrogen-bond donors (Lipinski definition) is 2. The molecule has 0 radical (unpaired) electrons. The van der Waals surface area contributed by atoms with Crippen LogP contribution in [0.15, 0.2) is 54.6 Å². The Balaban J connectivity index is 1.90. The predicted molar refractivity (Wildman–Crippen MR) is 96.1 cm³/mol. The maximum Gasteiger partial charge on any atom is 0.330 e. The number of hydrogen-bond acceptors (Lipinski definition) is 4. The molecule has 6 heteroatoms. The van der Waals surface area contributed by atoms with Crippen molar-refractivity contribution in [3.05, 3.63) is 65.7 Å². The van der Waals surface area contributed by atoms with Crippen molar-refractivity contribution in [2.75, 3.05) is 6.61 Å². The van der Waals surface area contributed by atoms with Crippen LogP contribution in [0.1, 0.15) is 41.7 Å². The SMILES string of the molecule is CCOc1ccc(C(=O)CCC(=O)N[C@H](C(=O)O)c2ccccc2)cc1. The van der Waals surface area contributed by atoms with E-state index in [9.17, 15) is 19.5 Å². The highest BCUT2D eigenvalue weighted by Gasteiger charge is 2.22. The quantitative estimate of drug-likeness (QED) is 0.675. The highest BCUT2D eigenvalue weighted by molar-refractivity contribution is 5.98. The maximum absolute atomic E-state index is 12.2. The van der Waals surface area contributed by atoms with Crippen LogP contribution >= 0.6 is 0 Å². The van der Waals surface area contributed by atoms with Crippen LogP contribution in [0.5, 0.6) is 5.75 Å². The first-order valence-corrected chi connectivity index (χ1v) is 8.34. The molecule has 0 aliphatic heterocycles. The van der Waals surface area contributed by atoms with Gasteiger partial charge < -0.3 is 15.2 Å². The Labute approximate surface area is 151 Å². The van der Waals surface area contributed by atoms with Gasteiger partial charge in [0.05, 0.1) is 6.61 Å². The van der Waals surface area contributed by atoms with Gasteiger partial charge in [-0.1, -0.05) is 30.3 Å². The third-order valence-electron chi connectivity index (χ3n) is 3.75. The largest absolute Gasteiger partial charge is 0.494 e. The van der Waals surface area contributed by atoms with Gasteiger partial charge >= 0.3 is 5.97 Å². The number of carbonyl (C=O) groups is 3. The Bertz CT molecular complexity index is 756. The molecule has 0 saturated carbocycles. The minimum absolute atomic E-state index is 0.000936. The average molecular weight is 355 g/mol. The zero-order valence-corrected chi connectivity index (χ0v) is 14.5. The summed E-state index contributed by atoms with van der Waals surface area (Å²) >= 11 is 0. The first-order chi connectivity index (χ1) is 12.5. The number of aliphatic carboxylic acids is 1. The highest BCUT2D eigenvalue weighted by atomic mass is 16.5. The van der Waals surface area contributed by atoms with E-state index in [0.717, 1.165) is 0 Å². The van der Waals surface area contributed by atoms with Gasteiger partial charge in [0, 0.05) is 18.4 Å². The van der Waals surface area contributed by atoms with E-state index in [-0.39, 0.29) is 18.6 Å². The van der Waals surface area contributed by atoms with Crippen LogP contribution in [-0.4, -0.2) is 29.4 Å². The molecule has 0 heterocycles. The third-order valence-corrected chi connectivity index (χ3v) is 3.75. The summed E-state index contributed by atoms with van der Waals surface area (Å²) in [5, 5.41) is 11.8. The monoisotopic (exact) mass is 355 g/mol. The summed E-state index contributed by atoms with van der Waals surface area (Å²) < 4.78 is 5.32. The van der Waals surface area contributed by atoms with Crippen LogP contribution in [0.2, 0.25) is 0 Å². The van der Waals surface area contributed by atoms with Gasteiger partial charge in [0.1, 0.15) is 5.75 Å². The van der Waals surface area contributed by atoms with Gasteiger partial charge in [0.2, 0.25) is 5.91 Å². The molecule has 6 nitrogen and oxygen atoms in total. The molecule has 0 aliphatic carbocycles. The number of carboxylic acids is 1. The van der Waals surface area contributed by atoms with E-state index in [4.69, 9.17) is 4.74 Å². The number of benzene rings is 2. The molecule has 0 fully saturated rings. The number of ketones is 1. The minimum Gasteiger partial charge on any atom is -0.494 e. The molecular weight excluding hydrogens is 334 g/mol. The molecule has 2 N–H and O–H groups in total. The van der Waals surface area contributed by atoms with Gasteiger partial charge in [-0.3, -0.25) is 9.59 Å². The van der Waals surface area contributed by atoms with E-state index in [1.807, 2.05) is 6.92 Å². The molecule has 0 spiro atoms. The molecule has 0 unspecified atom stereocenters. The van der Waals surface area contributed by atoms with Gasteiger partial charge in [-0.2, -0.15) is 0 Å². The smallest absolute Gasteiger partial charge is 0.330 e. The molecule has 26 heavy (non-hydrogen) atoms. The van der Waals surface area contributed by atoms with Gasteiger partial charge in [-0.25, -0.2) is 4.79 Å². The average Bonchev–Trinajstić information content (AvgIpc) is 2.65. The Morgan fingerprint density at radius 1 is 1.00 bits per heavy atom. The first-order valence-electron chi connectivity index (χ1n) is 8.34. The number of carboxylic acid groups (broad SMARTS) is 1. The Morgan fingerprint density at radius 3 is 2.23 bits per heavy atom. The van der Waals surface area contributed by atoms with Crippen LogP contribution in [0.3, 0.4) is 0 Å². The molecule has 1 amide bonds. The van der Waals surface area contributed by atoms with Gasteiger partial charge in [0.15, 0.2) is 11.8 Å². The van der Waals surface area contributed by atoms with Crippen molar-refractivity contribution in [2.45, 2.75) is 25.8 Å². The second kappa shape index (κ2) is 9.36. The zero-order valence-electron chi connectivity index (χ0n) is 14.5. The van der Waals surface area contributed by atoms with E-state index < -0.39 is 17.9 Å². The molecular formula is C20H21NO5. The number of ether oxygens (including phenoxy) is 1. The summed E-state index contributed by atoms with van der Waals surface area (Å²) in [6, 6.07) is 14.0. The molecule has 0 saturated heterocycles. The standard InChI is InChI=1S/C20H21NO5/c1-2-26-16-10-8-14(9-11-16)17(22)12-13-18(23)21-19(20(24)25)15-6-4-3-5-7-15/h3-11,19H,2,12-13H2,1H3,(H,21,23)(H,24,25)/t19-/m0/s1. The maximum atomic E-state index is 12.2. The van der Waals surface area contributed by atoms with Crippen LogP contribution in [-0.2, 0) is 9.59 Å². The number of amides is 1. The summed E-state index contributed by atoms with van der Waals surface area (Å²) in [4.78, 5) is 35.6. The van der Waals surface area contributed by atoms with E-state index in [1.54, 1.807) is 54.6 Å². The van der Waals surface area contributed by atoms with Crippen molar-refractivity contribution in [1.82, 2.24) is 5.32 Å². The summed E-state index contributed by atoms with van der Waals surface area (Å²) in [6.45, 7) is 2.41. The second-order valence-corrected chi connectivity index (χ2v) is 5.63. The van der Waals surface area contributed by atoms with Crippen LogP contribution in [0.25, 0.3) is 0 Å². The molecule has 2 rings (SSSR count). The highest BCUT2D eigenvalue weighted by Crippen LogP contribution is 2.15. The number of rotatable bonds is 9. The summed E-state index contributed by atoms with van der Waals surface area (Å²) in [5.74, 6) is -1.15. The fourth-order valence-corrected chi connectivity index (χ4v) is 2.44. The first kappa shape index (κ1) is 19.2. The predicted octanol–water partition coefficient (Wildman–Crippen LogP) is 2.99. The third kappa shape index (κ3) is 5.44. The number of Topliss-reactive ketones (excluding diaryl/α,β-unsaturated/α-hetero) is 1. The molecule has 2 aromatic carbocycles. The molecule has 0 bridgehead atoms. The Hall–Kier alpha value is -3.15. The second-order valence-electron chi connectivity index (χ2n) is 5.63.